The Hall–Kier alpha value is -1.79. The first kappa shape index (κ1) is 11.3. The van der Waals surface area contributed by atoms with E-state index in [1.165, 1.54) is 0 Å². The minimum Gasteiger partial charge on any atom is -0.382 e. The Morgan fingerprint density at radius 2 is 2.39 bits per heavy atom. The van der Waals surface area contributed by atoms with Crippen molar-refractivity contribution in [1.82, 2.24) is 20.3 Å². The van der Waals surface area contributed by atoms with Crippen LogP contribution in [0.25, 0.3) is 11.0 Å². The van der Waals surface area contributed by atoms with Gasteiger partial charge in [-0.3, -0.25) is 0 Å². The summed E-state index contributed by atoms with van der Waals surface area (Å²) in [5, 5.41) is 3.30. The summed E-state index contributed by atoms with van der Waals surface area (Å²) in [6, 6.07) is 1.82. The summed E-state index contributed by atoms with van der Waals surface area (Å²) in [6.45, 7) is 2.53. The van der Waals surface area contributed by atoms with Gasteiger partial charge in [0.15, 0.2) is 5.82 Å². The van der Waals surface area contributed by atoms with Crippen LogP contribution >= 0.6 is 0 Å². The second-order valence-electron chi connectivity index (χ2n) is 4.33. The van der Waals surface area contributed by atoms with Gasteiger partial charge in [0.1, 0.15) is 5.52 Å². The van der Waals surface area contributed by atoms with Crippen LogP contribution in [0.3, 0.4) is 0 Å². The Morgan fingerprint density at radius 3 is 3.22 bits per heavy atom. The number of rotatable bonds is 2. The molecule has 1 aliphatic heterocycles. The summed E-state index contributed by atoms with van der Waals surface area (Å²) in [6.07, 6.45) is 4.33. The average molecular weight is 245 g/mol. The van der Waals surface area contributed by atoms with Crippen molar-refractivity contribution in [3.63, 3.8) is 0 Å². The van der Waals surface area contributed by atoms with Gasteiger partial charge in [0.05, 0.1) is 23.9 Å². The molecule has 1 unspecified atom stereocenters. The average Bonchev–Trinajstić information content (AvgIpc) is 2.40. The smallest absolute Gasteiger partial charge is 0.151 e. The third-order valence-corrected chi connectivity index (χ3v) is 2.98. The van der Waals surface area contributed by atoms with Gasteiger partial charge < -0.3 is 15.8 Å². The van der Waals surface area contributed by atoms with Crippen LogP contribution in [0.5, 0.6) is 0 Å². The van der Waals surface area contributed by atoms with Gasteiger partial charge in [0.2, 0.25) is 0 Å². The van der Waals surface area contributed by atoms with Crippen LogP contribution in [0.15, 0.2) is 18.5 Å². The van der Waals surface area contributed by atoms with Gasteiger partial charge in [0, 0.05) is 31.9 Å². The SMILES string of the molecule is Nc1nccc2nc(CC3CNCCO3)cnc12. The molecule has 3 rings (SSSR count). The van der Waals surface area contributed by atoms with Crippen LogP contribution in [0.4, 0.5) is 5.82 Å². The van der Waals surface area contributed by atoms with E-state index >= 15 is 0 Å². The summed E-state index contributed by atoms with van der Waals surface area (Å²) in [5.74, 6) is 0.419. The van der Waals surface area contributed by atoms with Gasteiger partial charge >= 0.3 is 0 Å². The van der Waals surface area contributed by atoms with Crippen molar-refractivity contribution >= 4 is 16.9 Å². The number of nitrogens with one attached hydrogen (secondary N) is 1. The number of pyridine rings is 1. The summed E-state index contributed by atoms with van der Waals surface area (Å²) < 4.78 is 5.65. The molecule has 6 nitrogen and oxygen atoms in total. The van der Waals surface area contributed by atoms with Crippen molar-refractivity contribution in [3.8, 4) is 0 Å². The monoisotopic (exact) mass is 245 g/mol. The van der Waals surface area contributed by atoms with Crippen molar-refractivity contribution in [2.24, 2.45) is 0 Å². The number of aromatic nitrogens is 3. The predicted octanol–water partition coefficient (Wildman–Crippen LogP) is 0.138. The predicted molar refractivity (Wildman–Crippen MR) is 68.1 cm³/mol. The highest BCUT2D eigenvalue weighted by atomic mass is 16.5. The maximum Gasteiger partial charge on any atom is 0.151 e. The number of hydrogen-bond donors (Lipinski definition) is 2. The topological polar surface area (TPSA) is 86.0 Å². The lowest BCUT2D eigenvalue weighted by Crippen LogP contribution is -2.39. The van der Waals surface area contributed by atoms with Crippen molar-refractivity contribution in [1.29, 1.82) is 0 Å². The Labute approximate surface area is 105 Å². The van der Waals surface area contributed by atoms with E-state index in [4.69, 9.17) is 10.5 Å². The highest BCUT2D eigenvalue weighted by molar-refractivity contribution is 5.83. The van der Waals surface area contributed by atoms with E-state index in [1.54, 1.807) is 12.4 Å². The minimum atomic E-state index is 0.171. The fourth-order valence-corrected chi connectivity index (χ4v) is 2.09. The van der Waals surface area contributed by atoms with Crippen molar-refractivity contribution in [3.05, 3.63) is 24.2 Å². The van der Waals surface area contributed by atoms with Gasteiger partial charge in [-0.15, -0.1) is 0 Å². The Balaban J connectivity index is 1.84. The number of morpholine rings is 1. The van der Waals surface area contributed by atoms with Crippen LogP contribution in [0.2, 0.25) is 0 Å². The van der Waals surface area contributed by atoms with Crippen LogP contribution in [-0.2, 0) is 11.2 Å². The van der Waals surface area contributed by atoms with E-state index in [0.717, 1.165) is 37.3 Å². The largest absolute Gasteiger partial charge is 0.382 e. The maximum atomic E-state index is 5.74. The lowest BCUT2D eigenvalue weighted by atomic mass is 10.2. The zero-order valence-corrected chi connectivity index (χ0v) is 9.97. The zero-order chi connectivity index (χ0) is 12.4. The van der Waals surface area contributed by atoms with E-state index < -0.39 is 0 Å². The molecule has 1 fully saturated rings. The number of fused-ring (bicyclic) bond motifs is 1. The maximum absolute atomic E-state index is 5.74. The second kappa shape index (κ2) is 4.83. The molecule has 2 aromatic rings. The first-order chi connectivity index (χ1) is 8.83. The van der Waals surface area contributed by atoms with Gasteiger partial charge in [-0.1, -0.05) is 0 Å². The van der Waals surface area contributed by atoms with Crippen LogP contribution < -0.4 is 11.1 Å². The quantitative estimate of drug-likeness (QED) is 0.782. The summed E-state index contributed by atoms with van der Waals surface area (Å²) in [4.78, 5) is 12.9. The molecule has 0 amide bonds. The summed E-state index contributed by atoms with van der Waals surface area (Å²) in [5.41, 5.74) is 8.10. The van der Waals surface area contributed by atoms with Gasteiger partial charge in [0.25, 0.3) is 0 Å². The third kappa shape index (κ3) is 2.25. The van der Waals surface area contributed by atoms with Crippen molar-refractivity contribution < 1.29 is 4.74 Å². The highest BCUT2D eigenvalue weighted by Crippen LogP contribution is 2.15. The highest BCUT2D eigenvalue weighted by Gasteiger charge is 2.15. The lowest BCUT2D eigenvalue weighted by Gasteiger charge is -2.23. The molecule has 0 bridgehead atoms. The van der Waals surface area contributed by atoms with E-state index in [0.29, 0.717) is 11.3 Å². The first-order valence-corrected chi connectivity index (χ1v) is 6.01. The zero-order valence-electron chi connectivity index (χ0n) is 9.97. The minimum absolute atomic E-state index is 0.171. The Bertz CT molecular complexity index is 553. The lowest BCUT2D eigenvalue weighted by molar-refractivity contribution is 0.0286. The number of nitrogen functional groups attached to an aromatic ring is 1. The Kier molecular flexibility index (Phi) is 3.04. The molecule has 3 heterocycles. The van der Waals surface area contributed by atoms with Crippen LogP contribution in [-0.4, -0.2) is 40.8 Å². The molecule has 0 spiro atoms. The van der Waals surface area contributed by atoms with Gasteiger partial charge in [-0.25, -0.2) is 15.0 Å². The number of ether oxygens (including phenoxy) is 1. The number of nitrogens with two attached hydrogens (primary N) is 1. The molecule has 0 saturated carbocycles. The molecule has 1 aliphatic rings. The van der Waals surface area contributed by atoms with Crippen LogP contribution in [0, 0.1) is 0 Å². The summed E-state index contributed by atoms with van der Waals surface area (Å²) in [7, 11) is 0. The molecule has 18 heavy (non-hydrogen) atoms. The molecule has 2 aromatic heterocycles. The molecule has 0 aromatic carbocycles. The molecule has 3 N–H and O–H groups in total. The fourth-order valence-electron chi connectivity index (χ4n) is 2.09. The molecular formula is C12H15N5O. The first-order valence-electron chi connectivity index (χ1n) is 6.01. The summed E-state index contributed by atoms with van der Waals surface area (Å²) >= 11 is 0. The van der Waals surface area contributed by atoms with Gasteiger partial charge in [-0.2, -0.15) is 0 Å². The van der Waals surface area contributed by atoms with E-state index in [2.05, 4.69) is 20.3 Å². The van der Waals surface area contributed by atoms with E-state index in [9.17, 15) is 0 Å². The number of nitrogens with zero attached hydrogens (tertiary/aromatic N) is 3. The van der Waals surface area contributed by atoms with E-state index in [-0.39, 0.29) is 6.10 Å². The molecule has 6 heteroatoms. The molecule has 0 aliphatic carbocycles. The molecule has 0 radical (unpaired) electrons. The molecule has 1 saturated heterocycles. The normalized spacial score (nSPS) is 20.1. The van der Waals surface area contributed by atoms with E-state index in [1.807, 2.05) is 6.07 Å². The Morgan fingerprint density at radius 1 is 1.44 bits per heavy atom. The van der Waals surface area contributed by atoms with Gasteiger partial charge in [-0.05, 0) is 6.07 Å². The van der Waals surface area contributed by atoms with Crippen molar-refractivity contribution in [2.45, 2.75) is 12.5 Å². The van der Waals surface area contributed by atoms with Crippen LogP contribution in [0.1, 0.15) is 5.69 Å². The molecule has 1 atom stereocenters. The molecular weight excluding hydrogens is 230 g/mol. The second-order valence-corrected chi connectivity index (χ2v) is 4.33. The van der Waals surface area contributed by atoms with Crippen molar-refractivity contribution in [2.75, 3.05) is 25.4 Å². The number of anilines is 1. The standard InChI is InChI=1S/C12H15N5O/c13-12-11-10(1-2-15-12)17-8(6-16-11)5-9-7-14-3-4-18-9/h1-2,6,9,14H,3-5,7H2,(H2,13,15). The number of hydrogen-bond acceptors (Lipinski definition) is 6. The fraction of sp³-hybridized carbons (Fsp3) is 0.417. The molecule has 94 valence electrons. The third-order valence-electron chi connectivity index (χ3n) is 2.98.